The molecule has 1 saturated heterocycles. The van der Waals surface area contributed by atoms with Gasteiger partial charge in [0, 0.05) is 19.1 Å². The summed E-state index contributed by atoms with van der Waals surface area (Å²) in [6.07, 6.45) is 2.53. The fraction of sp³-hybridized carbons (Fsp3) is 0.750. The van der Waals surface area contributed by atoms with E-state index in [1.54, 1.807) is 7.05 Å². The van der Waals surface area contributed by atoms with E-state index in [1.807, 2.05) is 4.90 Å². The number of nitrogens with zero attached hydrogens (tertiary/aromatic N) is 3. The molecule has 1 aromatic heterocycles. The Labute approximate surface area is 137 Å². The van der Waals surface area contributed by atoms with Gasteiger partial charge in [-0.05, 0) is 19.3 Å². The summed E-state index contributed by atoms with van der Waals surface area (Å²) in [5.41, 5.74) is 0. The molecule has 3 rings (SSSR count). The quantitative estimate of drug-likeness (QED) is 0.750. The van der Waals surface area contributed by atoms with E-state index in [1.165, 1.54) is 23.1 Å². The van der Waals surface area contributed by atoms with Crippen LogP contribution in [0.15, 0.2) is 4.34 Å². The van der Waals surface area contributed by atoms with E-state index in [9.17, 15) is 13.2 Å². The van der Waals surface area contributed by atoms with E-state index in [2.05, 4.69) is 15.5 Å². The van der Waals surface area contributed by atoms with Gasteiger partial charge < -0.3 is 10.2 Å². The lowest BCUT2D eigenvalue weighted by Gasteiger charge is -2.28. The molecule has 1 aliphatic carbocycles. The first-order valence-electron chi connectivity index (χ1n) is 7.14. The molecule has 7 nitrogen and oxygen atoms in total. The summed E-state index contributed by atoms with van der Waals surface area (Å²) in [5, 5.41) is 11.6. The van der Waals surface area contributed by atoms with Crippen LogP contribution < -0.4 is 5.32 Å². The van der Waals surface area contributed by atoms with Crippen molar-refractivity contribution in [2.45, 2.75) is 35.7 Å². The Hall–Kier alpha value is -0.870. The number of rotatable bonds is 6. The molecule has 0 bridgehead atoms. The second-order valence-electron chi connectivity index (χ2n) is 5.50. The summed E-state index contributed by atoms with van der Waals surface area (Å²) in [4.78, 5) is 14.3. The van der Waals surface area contributed by atoms with E-state index in [4.69, 9.17) is 0 Å². The molecule has 1 aromatic rings. The van der Waals surface area contributed by atoms with Crippen molar-refractivity contribution in [2.75, 3.05) is 29.6 Å². The zero-order valence-corrected chi connectivity index (χ0v) is 14.6. The van der Waals surface area contributed by atoms with Gasteiger partial charge in [0.05, 0.1) is 17.3 Å². The van der Waals surface area contributed by atoms with Crippen molar-refractivity contribution in [2.24, 2.45) is 0 Å². The van der Waals surface area contributed by atoms with Crippen LogP contribution >= 0.6 is 23.1 Å². The molecule has 1 N–H and O–H groups in total. The Bertz CT molecular complexity index is 656. The molecule has 122 valence electrons. The highest BCUT2D eigenvalue weighted by Gasteiger charge is 2.41. The van der Waals surface area contributed by atoms with Crippen LogP contribution in [0, 0.1) is 0 Å². The zero-order valence-electron chi connectivity index (χ0n) is 12.2. The number of amides is 1. The molecule has 1 amide bonds. The third-order valence-electron chi connectivity index (χ3n) is 3.77. The molecule has 0 unspecified atom stereocenters. The third-order valence-corrected chi connectivity index (χ3v) is 7.58. The topological polar surface area (TPSA) is 92.3 Å². The highest BCUT2D eigenvalue weighted by Crippen LogP contribution is 2.33. The van der Waals surface area contributed by atoms with Gasteiger partial charge in [-0.3, -0.25) is 4.79 Å². The first-order valence-corrected chi connectivity index (χ1v) is 10.8. The third kappa shape index (κ3) is 3.72. The molecule has 0 radical (unpaired) electrons. The minimum absolute atomic E-state index is 0.0100. The summed E-state index contributed by atoms with van der Waals surface area (Å²) in [6.45, 7) is 0. The van der Waals surface area contributed by atoms with Crippen LogP contribution in [0.5, 0.6) is 0 Å². The van der Waals surface area contributed by atoms with Crippen molar-refractivity contribution >= 4 is 44.0 Å². The Morgan fingerprint density at radius 1 is 1.36 bits per heavy atom. The predicted molar refractivity (Wildman–Crippen MR) is 87.1 cm³/mol. The average Bonchev–Trinajstić information content (AvgIpc) is 3.08. The summed E-state index contributed by atoms with van der Waals surface area (Å²) < 4.78 is 24.1. The van der Waals surface area contributed by atoms with Crippen molar-refractivity contribution in [3.05, 3.63) is 0 Å². The number of carbonyl (C=O) groups is 1. The van der Waals surface area contributed by atoms with Gasteiger partial charge in [-0.1, -0.05) is 23.1 Å². The first-order chi connectivity index (χ1) is 10.5. The van der Waals surface area contributed by atoms with Crippen LogP contribution in [-0.4, -0.2) is 65.8 Å². The second-order valence-corrected chi connectivity index (χ2v) is 9.93. The van der Waals surface area contributed by atoms with Gasteiger partial charge in [0.2, 0.25) is 11.0 Å². The van der Waals surface area contributed by atoms with Crippen LogP contribution in [0.4, 0.5) is 5.13 Å². The fourth-order valence-electron chi connectivity index (χ4n) is 2.62. The largest absolute Gasteiger partial charge is 0.363 e. The fourth-order valence-corrected chi connectivity index (χ4v) is 5.91. The molecule has 22 heavy (non-hydrogen) atoms. The number of thioether (sulfide) groups is 1. The Morgan fingerprint density at radius 2 is 2.14 bits per heavy atom. The van der Waals surface area contributed by atoms with Crippen LogP contribution in [0.1, 0.15) is 19.3 Å². The Kier molecular flexibility index (Phi) is 4.60. The number of nitrogens with one attached hydrogen (secondary N) is 1. The summed E-state index contributed by atoms with van der Waals surface area (Å²) in [6, 6.07) is 0.0848. The van der Waals surface area contributed by atoms with Crippen molar-refractivity contribution in [1.82, 2.24) is 15.1 Å². The number of aromatic nitrogens is 2. The SMILES string of the molecule is CNc1nnc(SCC(=O)N(C2CC2)[C@@H]2CCS(=O)(=O)C2)s1. The van der Waals surface area contributed by atoms with E-state index < -0.39 is 9.84 Å². The highest BCUT2D eigenvalue weighted by atomic mass is 32.2. The smallest absolute Gasteiger partial charge is 0.233 e. The Morgan fingerprint density at radius 3 is 2.68 bits per heavy atom. The van der Waals surface area contributed by atoms with Gasteiger partial charge in [0.1, 0.15) is 0 Å². The van der Waals surface area contributed by atoms with Crippen LogP contribution in [-0.2, 0) is 14.6 Å². The van der Waals surface area contributed by atoms with E-state index in [-0.39, 0.29) is 35.2 Å². The molecule has 2 aliphatic rings. The summed E-state index contributed by atoms with van der Waals surface area (Å²) in [5.74, 6) is 0.605. The molecular formula is C12H18N4O3S3. The lowest BCUT2D eigenvalue weighted by Crippen LogP contribution is -2.43. The minimum Gasteiger partial charge on any atom is -0.363 e. The van der Waals surface area contributed by atoms with Crippen LogP contribution in [0.2, 0.25) is 0 Å². The van der Waals surface area contributed by atoms with E-state index in [0.29, 0.717) is 6.42 Å². The second kappa shape index (κ2) is 6.32. The average molecular weight is 363 g/mol. The lowest BCUT2D eigenvalue weighted by atomic mass is 10.2. The summed E-state index contributed by atoms with van der Waals surface area (Å²) >= 11 is 2.77. The number of hydrogen-bond donors (Lipinski definition) is 1. The standard InChI is InChI=1S/C12H18N4O3S3/c1-13-11-14-15-12(21-11)20-6-10(17)16(8-2-3-8)9-4-5-22(18,19)7-9/h8-9H,2-7H2,1H3,(H,13,14)/t9-/m1/s1. The molecule has 1 aliphatic heterocycles. The first kappa shape index (κ1) is 16.0. The van der Waals surface area contributed by atoms with Gasteiger partial charge in [0.25, 0.3) is 0 Å². The number of sulfone groups is 1. The highest BCUT2D eigenvalue weighted by molar-refractivity contribution is 8.01. The molecule has 1 atom stereocenters. The molecule has 10 heteroatoms. The van der Waals surface area contributed by atoms with Gasteiger partial charge >= 0.3 is 0 Å². The lowest BCUT2D eigenvalue weighted by molar-refractivity contribution is -0.130. The number of hydrogen-bond acceptors (Lipinski definition) is 8. The predicted octanol–water partition coefficient (Wildman–Crippen LogP) is 0.850. The van der Waals surface area contributed by atoms with Crippen molar-refractivity contribution in [3.8, 4) is 0 Å². The van der Waals surface area contributed by atoms with E-state index >= 15 is 0 Å². The van der Waals surface area contributed by atoms with Crippen LogP contribution in [0.25, 0.3) is 0 Å². The van der Waals surface area contributed by atoms with E-state index in [0.717, 1.165) is 22.3 Å². The monoisotopic (exact) mass is 362 g/mol. The van der Waals surface area contributed by atoms with Gasteiger partial charge in [-0.25, -0.2) is 8.42 Å². The maximum Gasteiger partial charge on any atom is 0.233 e. The van der Waals surface area contributed by atoms with Gasteiger partial charge in [0.15, 0.2) is 14.2 Å². The maximum absolute atomic E-state index is 12.5. The van der Waals surface area contributed by atoms with Crippen molar-refractivity contribution in [3.63, 3.8) is 0 Å². The van der Waals surface area contributed by atoms with Gasteiger partial charge in [-0.2, -0.15) is 0 Å². The number of carbonyl (C=O) groups excluding carboxylic acids is 1. The maximum atomic E-state index is 12.5. The number of anilines is 1. The molecule has 0 aromatic carbocycles. The zero-order chi connectivity index (χ0) is 15.7. The molecule has 1 saturated carbocycles. The van der Waals surface area contributed by atoms with Gasteiger partial charge in [-0.15, -0.1) is 10.2 Å². The molecule has 0 spiro atoms. The minimum atomic E-state index is -2.98. The normalized spacial score (nSPS) is 23.4. The molecule has 2 heterocycles. The van der Waals surface area contributed by atoms with Crippen molar-refractivity contribution < 1.29 is 13.2 Å². The Balaban J connectivity index is 1.61. The summed E-state index contributed by atoms with van der Waals surface area (Å²) in [7, 11) is -1.20. The van der Waals surface area contributed by atoms with Crippen molar-refractivity contribution in [1.29, 1.82) is 0 Å². The molecular weight excluding hydrogens is 344 g/mol. The van der Waals surface area contributed by atoms with Crippen LogP contribution in [0.3, 0.4) is 0 Å². The molecule has 2 fully saturated rings.